The van der Waals surface area contributed by atoms with Crippen LogP contribution in [-0.4, -0.2) is 50.8 Å². The second-order valence-corrected chi connectivity index (χ2v) is 10.2. The maximum absolute atomic E-state index is 13.6. The highest BCUT2D eigenvalue weighted by atomic mass is 32.2. The number of hydrogen-bond donors (Lipinski definition) is 0. The van der Waals surface area contributed by atoms with Crippen LogP contribution in [0.3, 0.4) is 0 Å². The summed E-state index contributed by atoms with van der Waals surface area (Å²) in [7, 11) is 0. The maximum Gasteiger partial charge on any atom is 0.266 e. The first-order valence-electron chi connectivity index (χ1n) is 10.3. The van der Waals surface area contributed by atoms with Gasteiger partial charge in [0.05, 0.1) is 21.7 Å². The number of benzene rings is 1. The number of thiocarbonyl (C=S) groups is 1. The van der Waals surface area contributed by atoms with Gasteiger partial charge in [0.15, 0.2) is 0 Å². The molecule has 1 amide bonds. The van der Waals surface area contributed by atoms with Crippen molar-refractivity contribution in [2.45, 2.75) is 26.8 Å². The molecule has 1 aromatic heterocycles. The number of nitrogens with zero attached hydrogens (tertiary/aromatic N) is 3. The number of fused-ring (bicyclic) bond motifs is 1. The fourth-order valence-electron chi connectivity index (χ4n) is 4.03. The standard InChI is InChI=1S/C22H25N3O2S3/c1-3-9-25-21(27)18(30-22(25)28)14-16-19(23-10-12-29-13-11-23)15-7-5-6-8-17(15)24(4-2)20(16)26/h5-8,14H,3-4,9-13H2,1-2H3. The molecule has 0 bridgehead atoms. The molecule has 0 unspecified atom stereocenters. The monoisotopic (exact) mass is 459 g/mol. The van der Waals surface area contributed by atoms with Crippen molar-refractivity contribution in [3.63, 3.8) is 0 Å². The van der Waals surface area contributed by atoms with E-state index >= 15 is 0 Å². The van der Waals surface area contributed by atoms with Gasteiger partial charge in [-0.3, -0.25) is 14.5 Å². The molecule has 2 aliphatic rings. The number of aryl methyl sites for hydroxylation is 1. The van der Waals surface area contributed by atoms with Crippen molar-refractivity contribution in [1.29, 1.82) is 0 Å². The first-order valence-corrected chi connectivity index (χ1v) is 12.7. The number of para-hydroxylation sites is 1. The topological polar surface area (TPSA) is 45.6 Å². The lowest BCUT2D eigenvalue weighted by Gasteiger charge is -2.31. The van der Waals surface area contributed by atoms with Crippen LogP contribution in [0.5, 0.6) is 0 Å². The highest BCUT2D eigenvalue weighted by molar-refractivity contribution is 8.26. The van der Waals surface area contributed by atoms with E-state index in [1.165, 1.54) is 11.8 Å². The molecule has 1 aromatic carbocycles. The number of carbonyl (C=O) groups excluding carboxylic acids is 1. The zero-order valence-electron chi connectivity index (χ0n) is 17.2. The third-order valence-corrected chi connectivity index (χ3v) is 7.74. The van der Waals surface area contributed by atoms with Crippen molar-refractivity contribution in [3.8, 4) is 0 Å². The molecule has 3 heterocycles. The Morgan fingerprint density at radius 2 is 1.87 bits per heavy atom. The lowest BCUT2D eigenvalue weighted by atomic mass is 10.1. The van der Waals surface area contributed by atoms with Gasteiger partial charge in [-0.2, -0.15) is 11.8 Å². The predicted octanol–water partition coefficient (Wildman–Crippen LogP) is 4.19. The molecule has 2 fully saturated rings. The molecule has 5 nitrogen and oxygen atoms in total. The Labute approximate surface area is 190 Å². The lowest BCUT2D eigenvalue weighted by Crippen LogP contribution is -2.35. The number of rotatable bonds is 5. The van der Waals surface area contributed by atoms with Gasteiger partial charge in [0.2, 0.25) is 0 Å². The molecule has 2 saturated heterocycles. The predicted molar refractivity (Wildman–Crippen MR) is 134 cm³/mol. The Hall–Kier alpha value is -1.77. The summed E-state index contributed by atoms with van der Waals surface area (Å²) in [5.74, 6) is 1.97. The van der Waals surface area contributed by atoms with Crippen molar-refractivity contribution < 1.29 is 4.79 Å². The van der Waals surface area contributed by atoms with Crippen LogP contribution in [0.25, 0.3) is 17.0 Å². The first kappa shape index (κ1) is 21.5. The zero-order chi connectivity index (χ0) is 21.3. The fourth-order valence-corrected chi connectivity index (χ4v) is 6.22. The highest BCUT2D eigenvalue weighted by Crippen LogP contribution is 2.36. The van der Waals surface area contributed by atoms with Crippen molar-refractivity contribution in [3.05, 3.63) is 45.1 Å². The second-order valence-electron chi connectivity index (χ2n) is 7.26. The van der Waals surface area contributed by atoms with Gasteiger partial charge in [-0.05, 0) is 25.5 Å². The van der Waals surface area contributed by atoms with Crippen LogP contribution >= 0.6 is 35.7 Å². The van der Waals surface area contributed by atoms with Gasteiger partial charge >= 0.3 is 0 Å². The lowest BCUT2D eigenvalue weighted by molar-refractivity contribution is -0.122. The Bertz CT molecular complexity index is 1090. The number of hydrogen-bond acceptors (Lipinski definition) is 6. The van der Waals surface area contributed by atoms with Crippen molar-refractivity contribution in [2.24, 2.45) is 0 Å². The Morgan fingerprint density at radius 1 is 1.13 bits per heavy atom. The molecule has 2 aliphatic heterocycles. The summed E-state index contributed by atoms with van der Waals surface area (Å²) in [6.07, 6.45) is 2.63. The molecule has 30 heavy (non-hydrogen) atoms. The van der Waals surface area contributed by atoms with Gasteiger partial charge in [-0.1, -0.05) is 49.1 Å². The molecule has 0 atom stereocenters. The molecular formula is C22H25N3O2S3. The number of thioether (sulfide) groups is 2. The van der Waals surface area contributed by atoms with Gasteiger partial charge in [0.25, 0.3) is 11.5 Å². The van der Waals surface area contributed by atoms with Crippen LogP contribution in [0, 0.1) is 0 Å². The first-order chi connectivity index (χ1) is 14.6. The summed E-state index contributed by atoms with van der Waals surface area (Å²) in [5, 5.41) is 1.06. The summed E-state index contributed by atoms with van der Waals surface area (Å²) >= 11 is 8.65. The van der Waals surface area contributed by atoms with Crippen molar-refractivity contribution in [2.75, 3.05) is 36.0 Å². The minimum absolute atomic E-state index is 0.0508. The molecule has 0 radical (unpaired) electrons. The molecule has 4 rings (SSSR count). The van der Waals surface area contributed by atoms with E-state index in [1.807, 2.05) is 43.8 Å². The van der Waals surface area contributed by atoms with E-state index in [2.05, 4.69) is 11.0 Å². The molecule has 8 heteroatoms. The van der Waals surface area contributed by atoms with Crippen LogP contribution in [0.2, 0.25) is 0 Å². The van der Waals surface area contributed by atoms with Crippen LogP contribution in [0.15, 0.2) is 34.0 Å². The van der Waals surface area contributed by atoms with E-state index in [0.717, 1.165) is 47.6 Å². The van der Waals surface area contributed by atoms with Gasteiger partial charge in [0, 0.05) is 43.1 Å². The van der Waals surface area contributed by atoms with E-state index in [0.29, 0.717) is 27.9 Å². The normalized spacial score (nSPS) is 18.8. The van der Waals surface area contributed by atoms with E-state index in [1.54, 1.807) is 15.5 Å². The Balaban J connectivity index is 1.94. The maximum atomic E-state index is 13.6. The third kappa shape index (κ3) is 3.81. The van der Waals surface area contributed by atoms with Gasteiger partial charge in [-0.25, -0.2) is 0 Å². The minimum atomic E-state index is -0.0948. The molecule has 0 spiro atoms. The Kier molecular flexibility index (Phi) is 6.55. The van der Waals surface area contributed by atoms with E-state index in [9.17, 15) is 9.59 Å². The average Bonchev–Trinajstić information content (AvgIpc) is 3.03. The largest absolute Gasteiger partial charge is 0.369 e. The smallest absolute Gasteiger partial charge is 0.266 e. The zero-order valence-corrected chi connectivity index (χ0v) is 19.7. The summed E-state index contributed by atoms with van der Waals surface area (Å²) < 4.78 is 2.37. The fraction of sp³-hybridized carbons (Fsp3) is 0.409. The summed E-state index contributed by atoms with van der Waals surface area (Å²) in [5.41, 5.74) is 2.43. The van der Waals surface area contributed by atoms with Crippen molar-refractivity contribution >= 4 is 68.6 Å². The van der Waals surface area contributed by atoms with E-state index in [4.69, 9.17) is 12.2 Å². The van der Waals surface area contributed by atoms with E-state index in [-0.39, 0.29) is 11.5 Å². The molecule has 2 aromatic rings. The Morgan fingerprint density at radius 3 is 2.57 bits per heavy atom. The molecule has 0 saturated carbocycles. The van der Waals surface area contributed by atoms with Crippen LogP contribution < -0.4 is 10.5 Å². The number of aromatic nitrogens is 1. The number of amides is 1. The summed E-state index contributed by atoms with van der Waals surface area (Å²) in [6, 6.07) is 8.07. The molecule has 0 aliphatic carbocycles. The minimum Gasteiger partial charge on any atom is -0.369 e. The summed E-state index contributed by atoms with van der Waals surface area (Å²) in [4.78, 5) is 31.0. The number of anilines is 1. The molecular weight excluding hydrogens is 434 g/mol. The van der Waals surface area contributed by atoms with Crippen LogP contribution in [0.4, 0.5) is 5.69 Å². The summed E-state index contributed by atoms with van der Waals surface area (Å²) in [6.45, 7) is 6.97. The van der Waals surface area contributed by atoms with E-state index < -0.39 is 0 Å². The molecule has 0 N–H and O–H groups in total. The van der Waals surface area contributed by atoms with Gasteiger partial charge in [-0.15, -0.1) is 0 Å². The van der Waals surface area contributed by atoms with Crippen molar-refractivity contribution in [1.82, 2.24) is 9.47 Å². The molecule has 158 valence electrons. The average molecular weight is 460 g/mol. The van der Waals surface area contributed by atoms with Gasteiger partial charge in [0.1, 0.15) is 4.32 Å². The van der Waals surface area contributed by atoms with Crippen LogP contribution in [0.1, 0.15) is 25.8 Å². The SMILES string of the molecule is CCCN1C(=O)C(=Cc2c(N3CCSCC3)c3ccccc3n(CC)c2=O)SC1=S. The van der Waals surface area contributed by atoms with Crippen LogP contribution in [-0.2, 0) is 11.3 Å². The quantitative estimate of drug-likeness (QED) is 0.494. The number of pyridine rings is 1. The van der Waals surface area contributed by atoms with Gasteiger partial charge < -0.3 is 9.47 Å². The third-order valence-electron chi connectivity index (χ3n) is 5.42. The number of carbonyl (C=O) groups is 1. The highest BCUT2D eigenvalue weighted by Gasteiger charge is 2.32. The second kappa shape index (κ2) is 9.16.